The van der Waals surface area contributed by atoms with Crippen LogP contribution in [0.25, 0.3) is 11.1 Å². The van der Waals surface area contributed by atoms with Crippen LogP contribution in [0, 0.1) is 0 Å². The molecule has 0 saturated carbocycles. The van der Waals surface area contributed by atoms with Gasteiger partial charge in [-0.2, -0.15) is 0 Å². The maximum atomic E-state index is 11.5. The van der Waals surface area contributed by atoms with Gasteiger partial charge in [0.1, 0.15) is 0 Å². The van der Waals surface area contributed by atoms with Gasteiger partial charge in [-0.3, -0.25) is 0 Å². The van der Waals surface area contributed by atoms with E-state index in [0.29, 0.717) is 4.90 Å². The molecule has 0 bridgehead atoms. The summed E-state index contributed by atoms with van der Waals surface area (Å²) in [5.74, 6) is 0. The normalized spacial score (nSPS) is 19.2. The third kappa shape index (κ3) is 3.52. The van der Waals surface area contributed by atoms with Crippen LogP contribution in [0.5, 0.6) is 0 Å². The Morgan fingerprint density at radius 2 is 1.16 bits per heavy atom. The van der Waals surface area contributed by atoms with E-state index in [0.717, 1.165) is 16.6 Å². The highest BCUT2D eigenvalue weighted by Gasteiger charge is 2.51. The minimum atomic E-state index is -3.17. The Balaban J connectivity index is 1.82. The van der Waals surface area contributed by atoms with Crippen LogP contribution in [0.15, 0.2) is 53.4 Å². The third-order valence-corrected chi connectivity index (χ3v) is 6.18. The highest BCUT2D eigenvalue weighted by molar-refractivity contribution is 7.90. The first-order chi connectivity index (χ1) is 11.5. The summed E-state index contributed by atoms with van der Waals surface area (Å²) in [6, 6.07) is 14.9. The fourth-order valence-corrected chi connectivity index (χ4v) is 3.34. The molecular weight excluding hydrogens is 335 g/mol. The molecule has 3 rings (SSSR count). The van der Waals surface area contributed by atoms with Crippen molar-refractivity contribution in [1.29, 1.82) is 0 Å². The summed E-state index contributed by atoms with van der Waals surface area (Å²) < 4.78 is 35.2. The molecule has 1 fully saturated rings. The van der Waals surface area contributed by atoms with Crippen molar-refractivity contribution >= 4 is 22.4 Å². The molecule has 0 aromatic heterocycles. The lowest BCUT2D eigenvalue weighted by molar-refractivity contribution is 0.00578. The minimum Gasteiger partial charge on any atom is -0.399 e. The molecule has 4 nitrogen and oxygen atoms in total. The van der Waals surface area contributed by atoms with Crippen molar-refractivity contribution in [3.63, 3.8) is 0 Å². The Kier molecular flexibility index (Phi) is 4.34. The van der Waals surface area contributed by atoms with E-state index in [1.165, 1.54) is 6.26 Å². The maximum absolute atomic E-state index is 11.5. The predicted molar refractivity (Wildman–Crippen MR) is 101 cm³/mol. The number of hydrogen-bond donors (Lipinski definition) is 0. The van der Waals surface area contributed by atoms with Gasteiger partial charge in [0.2, 0.25) is 0 Å². The van der Waals surface area contributed by atoms with Crippen molar-refractivity contribution in [2.24, 2.45) is 0 Å². The first-order valence-electron chi connectivity index (χ1n) is 8.26. The molecule has 0 amide bonds. The summed E-state index contributed by atoms with van der Waals surface area (Å²) in [6.07, 6.45) is 1.21. The number of benzene rings is 2. The first kappa shape index (κ1) is 18.2. The van der Waals surface area contributed by atoms with E-state index < -0.39 is 9.84 Å². The zero-order chi connectivity index (χ0) is 18.5. The van der Waals surface area contributed by atoms with Gasteiger partial charge in [0.15, 0.2) is 9.84 Å². The van der Waals surface area contributed by atoms with Gasteiger partial charge in [-0.05, 0) is 56.4 Å². The Bertz CT molecular complexity index is 853. The molecule has 2 aromatic rings. The first-order valence-corrected chi connectivity index (χ1v) is 10.1. The van der Waals surface area contributed by atoms with Crippen molar-refractivity contribution in [2.75, 3.05) is 6.26 Å². The van der Waals surface area contributed by atoms with Crippen LogP contribution < -0.4 is 5.46 Å². The molecule has 0 unspecified atom stereocenters. The third-order valence-electron chi connectivity index (χ3n) is 5.05. The largest absolute Gasteiger partial charge is 0.494 e. The van der Waals surface area contributed by atoms with E-state index in [-0.39, 0.29) is 18.3 Å². The number of sulfone groups is 1. The summed E-state index contributed by atoms with van der Waals surface area (Å²) in [7, 11) is -3.56. The van der Waals surface area contributed by atoms with E-state index >= 15 is 0 Å². The molecule has 1 heterocycles. The quantitative estimate of drug-likeness (QED) is 0.792. The lowest BCUT2D eigenvalue weighted by atomic mass is 9.78. The van der Waals surface area contributed by atoms with E-state index in [1.54, 1.807) is 12.1 Å². The van der Waals surface area contributed by atoms with Crippen LogP contribution in [-0.4, -0.2) is 33.0 Å². The van der Waals surface area contributed by atoms with Crippen molar-refractivity contribution in [3.8, 4) is 11.1 Å². The van der Waals surface area contributed by atoms with Gasteiger partial charge in [0, 0.05) is 6.26 Å². The monoisotopic (exact) mass is 358 g/mol. The molecule has 0 atom stereocenters. The molecule has 25 heavy (non-hydrogen) atoms. The molecule has 0 radical (unpaired) electrons. The molecule has 1 aliphatic heterocycles. The SMILES string of the molecule is CC1(C)OB(c2ccc(-c3ccc(S(C)(=O)=O)cc3)cc2)OC1(C)C. The summed E-state index contributed by atoms with van der Waals surface area (Å²) in [5, 5.41) is 0. The molecule has 132 valence electrons. The predicted octanol–water partition coefficient (Wildman–Crippen LogP) is 3.06. The van der Waals surface area contributed by atoms with E-state index in [9.17, 15) is 8.42 Å². The molecule has 0 spiro atoms. The van der Waals surface area contributed by atoms with Crippen LogP contribution in [0.3, 0.4) is 0 Å². The maximum Gasteiger partial charge on any atom is 0.494 e. The van der Waals surface area contributed by atoms with Crippen LogP contribution in [0.4, 0.5) is 0 Å². The second-order valence-corrected chi connectivity index (χ2v) is 9.52. The van der Waals surface area contributed by atoms with Crippen LogP contribution in [-0.2, 0) is 19.1 Å². The van der Waals surface area contributed by atoms with E-state index in [4.69, 9.17) is 9.31 Å². The summed E-state index contributed by atoms with van der Waals surface area (Å²) >= 11 is 0. The highest BCUT2D eigenvalue weighted by atomic mass is 32.2. The van der Waals surface area contributed by atoms with Gasteiger partial charge in [0.25, 0.3) is 0 Å². The zero-order valence-electron chi connectivity index (χ0n) is 15.2. The standard InChI is InChI=1S/C19H23BO4S/c1-18(2)19(3,4)24-20(23-18)16-10-6-14(7-11-16)15-8-12-17(13-9-15)25(5,21)22/h6-13H,1-5H3. The van der Waals surface area contributed by atoms with Gasteiger partial charge in [-0.15, -0.1) is 0 Å². The average molecular weight is 358 g/mol. The van der Waals surface area contributed by atoms with Gasteiger partial charge in [-0.1, -0.05) is 36.4 Å². The Labute approximate surface area is 150 Å². The van der Waals surface area contributed by atoms with E-state index in [1.807, 2.05) is 64.1 Å². The van der Waals surface area contributed by atoms with Gasteiger partial charge >= 0.3 is 7.12 Å². The minimum absolute atomic E-state index is 0.324. The van der Waals surface area contributed by atoms with Crippen LogP contribution >= 0.6 is 0 Å². The highest BCUT2D eigenvalue weighted by Crippen LogP contribution is 2.36. The summed E-state index contributed by atoms with van der Waals surface area (Å²) in [5.41, 5.74) is 2.22. The molecule has 6 heteroatoms. The zero-order valence-corrected chi connectivity index (χ0v) is 16.1. The Hall–Kier alpha value is -1.63. The Morgan fingerprint density at radius 3 is 1.56 bits per heavy atom. The molecule has 1 aliphatic rings. The van der Waals surface area contributed by atoms with Gasteiger partial charge in [0.05, 0.1) is 16.1 Å². The number of hydrogen-bond acceptors (Lipinski definition) is 4. The van der Waals surface area contributed by atoms with Gasteiger partial charge in [-0.25, -0.2) is 8.42 Å². The van der Waals surface area contributed by atoms with Crippen molar-refractivity contribution < 1.29 is 17.7 Å². The van der Waals surface area contributed by atoms with Gasteiger partial charge < -0.3 is 9.31 Å². The second kappa shape index (κ2) is 5.97. The lowest BCUT2D eigenvalue weighted by Gasteiger charge is -2.32. The van der Waals surface area contributed by atoms with Crippen LogP contribution in [0.1, 0.15) is 27.7 Å². The summed E-state index contributed by atoms with van der Waals surface area (Å²) in [4.78, 5) is 0.324. The fraction of sp³-hybridized carbons (Fsp3) is 0.368. The molecule has 0 N–H and O–H groups in total. The average Bonchev–Trinajstić information content (AvgIpc) is 2.75. The smallest absolute Gasteiger partial charge is 0.399 e. The Morgan fingerprint density at radius 1 is 0.760 bits per heavy atom. The molecular formula is C19H23BO4S. The molecule has 1 saturated heterocycles. The topological polar surface area (TPSA) is 52.6 Å². The summed E-state index contributed by atoms with van der Waals surface area (Å²) in [6.45, 7) is 8.13. The number of rotatable bonds is 3. The van der Waals surface area contributed by atoms with Crippen molar-refractivity contribution in [2.45, 2.75) is 43.8 Å². The van der Waals surface area contributed by atoms with Crippen molar-refractivity contribution in [3.05, 3.63) is 48.5 Å². The van der Waals surface area contributed by atoms with Crippen molar-refractivity contribution in [1.82, 2.24) is 0 Å². The fourth-order valence-electron chi connectivity index (χ4n) is 2.71. The molecule has 2 aromatic carbocycles. The lowest BCUT2D eigenvalue weighted by Crippen LogP contribution is -2.41. The van der Waals surface area contributed by atoms with E-state index in [2.05, 4.69) is 0 Å². The van der Waals surface area contributed by atoms with Crippen LogP contribution in [0.2, 0.25) is 0 Å². The molecule has 0 aliphatic carbocycles. The second-order valence-electron chi connectivity index (χ2n) is 7.51.